The summed E-state index contributed by atoms with van der Waals surface area (Å²) in [4.78, 5) is 10.3. The lowest BCUT2D eigenvalue weighted by atomic mass is 10.1. The molecule has 0 saturated heterocycles. The molecular formula is C10H11FO2. The van der Waals surface area contributed by atoms with Crippen LogP contribution < -0.4 is 4.74 Å². The second-order valence-electron chi connectivity index (χ2n) is 2.80. The Balaban J connectivity index is 3.20. The Hall–Kier alpha value is -1.38. The first kappa shape index (κ1) is 9.71. The zero-order valence-corrected chi connectivity index (χ0v) is 7.63. The van der Waals surface area contributed by atoms with Crippen LogP contribution in [0.25, 0.3) is 0 Å². The quantitative estimate of drug-likeness (QED) is 0.667. The molecule has 13 heavy (non-hydrogen) atoms. The highest BCUT2D eigenvalue weighted by atomic mass is 19.1. The number of rotatable bonds is 3. The Bertz CT molecular complexity index is 321. The van der Waals surface area contributed by atoms with Crippen molar-refractivity contribution in [3.8, 4) is 5.75 Å². The van der Waals surface area contributed by atoms with Crippen LogP contribution >= 0.6 is 0 Å². The highest BCUT2D eigenvalue weighted by Crippen LogP contribution is 2.23. The molecule has 0 aliphatic rings. The number of carbonyl (C=O) groups excluding carboxylic acids is 1. The molecule has 0 unspecified atom stereocenters. The second kappa shape index (κ2) is 4.03. The van der Waals surface area contributed by atoms with Crippen LogP contribution in [0.4, 0.5) is 4.39 Å². The smallest absolute Gasteiger partial charge is 0.130 e. The standard InChI is InChI=1S/C10H11FO2/c1-7-5-9(11)8(3-4-12)10(6-7)13-2/h4-6H,3H2,1-2H3. The van der Waals surface area contributed by atoms with Crippen molar-refractivity contribution in [3.63, 3.8) is 0 Å². The van der Waals surface area contributed by atoms with Gasteiger partial charge in [-0.1, -0.05) is 0 Å². The summed E-state index contributed by atoms with van der Waals surface area (Å²) in [5.41, 5.74) is 1.10. The van der Waals surface area contributed by atoms with Gasteiger partial charge in [-0.25, -0.2) is 4.39 Å². The summed E-state index contributed by atoms with van der Waals surface area (Å²) in [6.07, 6.45) is 0.714. The minimum atomic E-state index is -0.385. The SMILES string of the molecule is COc1cc(C)cc(F)c1CC=O. The Labute approximate surface area is 76.3 Å². The van der Waals surface area contributed by atoms with Crippen LogP contribution in [0.3, 0.4) is 0 Å². The molecular weight excluding hydrogens is 171 g/mol. The molecule has 0 radical (unpaired) electrons. The van der Waals surface area contributed by atoms with E-state index >= 15 is 0 Å². The molecule has 0 atom stereocenters. The summed E-state index contributed by atoms with van der Waals surface area (Å²) in [6, 6.07) is 3.10. The molecule has 0 bridgehead atoms. The van der Waals surface area contributed by atoms with Crippen LogP contribution in [0.1, 0.15) is 11.1 Å². The fourth-order valence-electron chi connectivity index (χ4n) is 1.20. The van der Waals surface area contributed by atoms with Crippen LogP contribution in [0.5, 0.6) is 5.75 Å². The van der Waals surface area contributed by atoms with Gasteiger partial charge in [0.1, 0.15) is 17.9 Å². The minimum absolute atomic E-state index is 0.0509. The predicted molar refractivity (Wildman–Crippen MR) is 47.5 cm³/mol. The number of carbonyl (C=O) groups is 1. The normalized spacial score (nSPS) is 9.77. The van der Waals surface area contributed by atoms with E-state index in [0.29, 0.717) is 17.6 Å². The highest BCUT2D eigenvalue weighted by molar-refractivity contribution is 5.58. The zero-order chi connectivity index (χ0) is 9.84. The number of aldehydes is 1. The van der Waals surface area contributed by atoms with E-state index in [4.69, 9.17) is 4.74 Å². The number of hydrogen-bond donors (Lipinski definition) is 0. The van der Waals surface area contributed by atoms with E-state index in [0.717, 1.165) is 5.56 Å². The van der Waals surface area contributed by atoms with Crippen molar-refractivity contribution in [1.82, 2.24) is 0 Å². The number of aryl methyl sites for hydroxylation is 1. The molecule has 1 aromatic carbocycles. The van der Waals surface area contributed by atoms with Gasteiger partial charge in [0.15, 0.2) is 0 Å². The van der Waals surface area contributed by atoms with Gasteiger partial charge in [0, 0.05) is 12.0 Å². The van der Waals surface area contributed by atoms with Crippen LogP contribution in [-0.4, -0.2) is 13.4 Å². The monoisotopic (exact) mass is 182 g/mol. The third kappa shape index (κ3) is 2.05. The number of benzene rings is 1. The fourth-order valence-corrected chi connectivity index (χ4v) is 1.20. The van der Waals surface area contributed by atoms with Gasteiger partial charge in [-0.2, -0.15) is 0 Å². The molecule has 0 amide bonds. The summed E-state index contributed by atoms with van der Waals surface area (Å²) in [6.45, 7) is 1.77. The summed E-state index contributed by atoms with van der Waals surface area (Å²) in [7, 11) is 1.46. The molecule has 0 aliphatic carbocycles. The average molecular weight is 182 g/mol. The van der Waals surface area contributed by atoms with Gasteiger partial charge in [0.05, 0.1) is 7.11 Å². The average Bonchev–Trinajstić information content (AvgIpc) is 2.09. The molecule has 0 saturated carbocycles. The highest BCUT2D eigenvalue weighted by Gasteiger charge is 2.09. The maximum Gasteiger partial charge on any atom is 0.130 e. The second-order valence-corrected chi connectivity index (χ2v) is 2.80. The molecule has 0 heterocycles. The maximum atomic E-state index is 13.2. The number of hydrogen-bond acceptors (Lipinski definition) is 2. The van der Waals surface area contributed by atoms with Crippen molar-refractivity contribution in [3.05, 3.63) is 29.1 Å². The van der Waals surface area contributed by atoms with Crippen molar-refractivity contribution in [2.45, 2.75) is 13.3 Å². The van der Waals surface area contributed by atoms with Gasteiger partial charge in [-0.05, 0) is 24.6 Å². The molecule has 0 aromatic heterocycles. The van der Waals surface area contributed by atoms with Gasteiger partial charge in [0.25, 0.3) is 0 Å². The van der Waals surface area contributed by atoms with Gasteiger partial charge < -0.3 is 9.53 Å². The lowest BCUT2D eigenvalue weighted by Gasteiger charge is -2.07. The zero-order valence-electron chi connectivity index (χ0n) is 7.63. The van der Waals surface area contributed by atoms with Gasteiger partial charge >= 0.3 is 0 Å². The van der Waals surface area contributed by atoms with E-state index in [2.05, 4.69) is 0 Å². The first-order chi connectivity index (χ1) is 6.19. The summed E-state index contributed by atoms with van der Waals surface area (Å²) in [5, 5.41) is 0. The van der Waals surface area contributed by atoms with Crippen LogP contribution in [0.2, 0.25) is 0 Å². The van der Waals surface area contributed by atoms with Crippen molar-refractivity contribution in [2.24, 2.45) is 0 Å². The molecule has 1 rings (SSSR count). The first-order valence-electron chi connectivity index (χ1n) is 3.95. The van der Waals surface area contributed by atoms with Gasteiger partial charge in [-0.3, -0.25) is 0 Å². The Morgan fingerprint density at radius 1 is 1.54 bits per heavy atom. The first-order valence-corrected chi connectivity index (χ1v) is 3.95. The minimum Gasteiger partial charge on any atom is -0.496 e. The Kier molecular flexibility index (Phi) is 3.01. The van der Waals surface area contributed by atoms with E-state index in [1.165, 1.54) is 13.2 Å². The molecule has 2 nitrogen and oxygen atoms in total. The van der Waals surface area contributed by atoms with E-state index in [9.17, 15) is 9.18 Å². The third-order valence-electron chi connectivity index (χ3n) is 1.81. The third-order valence-corrected chi connectivity index (χ3v) is 1.81. The fraction of sp³-hybridized carbons (Fsp3) is 0.300. The van der Waals surface area contributed by atoms with E-state index < -0.39 is 0 Å². The largest absolute Gasteiger partial charge is 0.496 e. The molecule has 70 valence electrons. The lowest BCUT2D eigenvalue weighted by molar-refractivity contribution is -0.107. The van der Waals surface area contributed by atoms with E-state index in [-0.39, 0.29) is 12.2 Å². The molecule has 0 fully saturated rings. The number of halogens is 1. The Morgan fingerprint density at radius 3 is 2.77 bits per heavy atom. The number of ether oxygens (including phenoxy) is 1. The summed E-state index contributed by atoms with van der Waals surface area (Å²) >= 11 is 0. The lowest BCUT2D eigenvalue weighted by Crippen LogP contribution is -1.98. The molecule has 0 N–H and O–H groups in total. The molecule has 0 aliphatic heterocycles. The number of methoxy groups -OCH3 is 1. The molecule has 1 aromatic rings. The van der Waals surface area contributed by atoms with Crippen molar-refractivity contribution >= 4 is 6.29 Å². The van der Waals surface area contributed by atoms with Gasteiger partial charge in [0.2, 0.25) is 0 Å². The molecule has 0 spiro atoms. The van der Waals surface area contributed by atoms with Crippen molar-refractivity contribution in [1.29, 1.82) is 0 Å². The van der Waals surface area contributed by atoms with Crippen LogP contribution in [-0.2, 0) is 11.2 Å². The van der Waals surface area contributed by atoms with Crippen LogP contribution in [0.15, 0.2) is 12.1 Å². The van der Waals surface area contributed by atoms with Crippen LogP contribution in [0, 0.1) is 12.7 Å². The van der Waals surface area contributed by atoms with E-state index in [1.807, 2.05) is 0 Å². The van der Waals surface area contributed by atoms with Gasteiger partial charge in [-0.15, -0.1) is 0 Å². The summed E-state index contributed by atoms with van der Waals surface area (Å²) in [5.74, 6) is 0.0496. The predicted octanol–water partition coefficient (Wildman–Crippen LogP) is 1.88. The summed E-state index contributed by atoms with van der Waals surface area (Å²) < 4.78 is 18.2. The molecule has 3 heteroatoms. The van der Waals surface area contributed by atoms with Crippen molar-refractivity contribution in [2.75, 3.05) is 7.11 Å². The maximum absolute atomic E-state index is 13.2. The Morgan fingerprint density at radius 2 is 2.23 bits per heavy atom. The van der Waals surface area contributed by atoms with E-state index in [1.54, 1.807) is 13.0 Å². The van der Waals surface area contributed by atoms with Crippen molar-refractivity contribution < 1.29 is 13.9 Å². The topological polar surface area (TPSA) is 26.3 Å².